The van der Waals surface area contributed by atoms with E-state index in [-0.39, 0.29) is 11.8 Å². The molecule has 1 aromatic heterocycles. The summed E-state index contributed by atoms with van der Waals surface area (Å²) in [5.74, 6) is 0.102. The van der Waals surface area contributed by atoms with Crippen LogP contribution in [0, 0.1) is 5.92 Å². The zero-order valence-corrected chi connectivity index (χ0v) is 13.1. The van der Waals surface area contributed by atoms with Gasteiger partial charge in [0, 0.05) is 21.9 Å². The Balaban J connectivity index is 2.09. The maximum Gasteiger partial charge on any atom is 0.229 e. The Bertz CT molecular complexity index is 576. The number of carbonyl (C=O) groups is 1. The highest BCUT2D eigenvalue weighted by atomic mass is 35.5. The first-order chi connectivity index (χ1) is 9.63. The van der Waals surface area contributed by atoms with E-state index in [0.29, 0.717) is 10.2 Å². The average Bonchev–Trinajstić information content (AvgIpc) is 2.89. The Kier molecular flexibility index (Phi) is 5.15. The number of rotatable bonds is 5. The number of carbonyl (C=O) groups excluding carboxylic acids is 1. The molecule has 5 heteroatoms. The van der Waals surface area contributed by atoms with Gasteiger partial charge < -0.3 is 5.32 Å². The number of thiazole rings is 1. The van der Waals surface area contributed by atoms with E-state index in [9.17, 15) is 4.79 Å². The number of nitrogens with zero attached hydrogens (tertiary/aromatic N) is 1. The van der Waals surface area contributed by atoms with Crippen molar-refractivity contribution in [2.45, 2.75) is 26.7 Å². The highest BCUT2D eigenvalue weighted by molar-refractivity contribution is 7.14. The average molecular weight is 309 g/mol. The number of aromatic nitrogens is 1. The molecule has 0 saturated heterocycles. The molecule has 2 aromatic rings. The van der Waals surface area contributed by atoms with Gasteiger partial charge in [-0.25, -0.2) is 4.98 Å². The smallest absolute Gasteiger partial charge is 0.229 e. The lowest BCUT2D eigenvalue weighted by Gasteiger charge is -2.10. The maximum absolute atomic E-state index is 12.0. The Morgan fingerprint density at radius 3 is 2.55 bits per heavy atom. The Morgan fingerprint density at radius 1 is 1.30 bits per heavy atom. The summed E-state index contributed by atoms with van der Waals surface area (Å²) >= 11 is 7.30. The minimum absolute atomic E-state index is 0.0482. The number of halogens is 1. The second kappa shape index (κ2) is 6.86. The first-order valence-electron chi connectivity index (χ1n) is 6.66. The van der Waals surface area contributed by atoms with Gasteiger partial charge in [0.1, 0.15) is 0 Å². The molecule has 0 spiro atoms. The van der Waals surface area contributed by atoms with Crippen LogP contribution in [-0.4, -0.2) is 10.9 Å². The molecule has 0 unspecified atom stereocenters. The summed E-state index contributed by atoms with van der Waals surface area (Å²) in [7, 11) is 0. The van der Waals surface area contributed by atoms with E-state index in [2.05, 4.69) is 10.3 Å². The van der Waals surface area contributed by atoms with Gasteiger partial charge in [0.05, 0.1) is 5.69 Å². The molecule has 0 saturated carbocycles. The molecule has 1 N–H and O–H groups in total. The number of nitrogens with one attached hydrogen (secondary N) is 1. The van der Waals surface area contributed by atoms with Crippen LogP contribution in [0.25, 0.3) is 11.3 Å². The van der Waals surface area contributed by atoms with Crippen LogP contribution in [0.4, 0.5) is 5.13 Å². The quantitative estimate of drug-likeness (QED) is 0.859. The second-order valence-corrected chi connectivity index (χ2v) is 5.84. The molecular weight excluding hydrogens is 292 g/mol. The van der Waals surface area contributed by atoms with Crippen molar-refractivity contribution in [3.63, 3.8) is 0 Å². The second-order valence-electron chi connectivity index (χ2n) is 4.55. The largest absolute Gasteiger partial charge is 0.302 e. The molecule has 3 nitrogen and oxygen atoms in total. The fourth-order valence-electron chi connectivity index (χ4n) is 1.95. The summed E-state index contributed by atoms with van der Waals surface area (Å²) in [5, 5.41) is 6.17. The summed E-state index contributed by atoms with van der Waals surface area (Å²) in [6.45, 7) is 4.05. The van der Waals surface area contributed by atoms with Crippen molar-refractivity contribution in [3.05, 3.63) is 34.7 Å². The van der Waals surface area contributed by atoms with Crippen molar-refractivity contribution in [2.75, 3.05) is 5.32 Å². The van der Waals surface area contributed by atoms with Crippen LogP contribution in [0.3, 0.4) is 0 Å². The van der Waals surface area contributed by atoms with E-state index in [1.165, 1.54) is 11.3 Å². The van der Waals surface area contributed by atoms with Crippen LogP contribution in [0.1, 0.15) is 26.7 Å². The molecule has 106 valence electrons. The van der Waals surface area contributed by atoms with Gasteiger partial charge >= 0.3 is 0 Å². The SMILES string of the molecule is CCC(CC)C(=O)Nc1nc(-c2ccc(Cl)cc2)cs1. The van der Waals surface area contributed by atoms with Crippen LogP contribution in [-0.2, 0) is 4.79 Å². The molecular formula is C15H17ClN2OS. The number of hydrogen-bond donors (Lipinski definition) is 1. The molecule has 0 bridgehead atoms. The fraction of sp³-hybridized carbons (Fsp3) is 0.333. The lowest BCUT2D eigenvalue weighted by atomic mass is 10.0. The van der Waals surface area contributed by atoms with Crippen molar-refractivity contribution >= 4 is 34.0 Å². The third-order valence-corrected chi connectivity index (χ3v) is 4.24. The Hall–Kier alpha value is -1.39. The standard InChI is InChI=1S/C15H17ClN2OS/c1-3-10(4-2)14(19)18-15-17-13(9-20-15)11-5-7-12(16)8-6-11/h5-10H,3-4H2,1-2H3,(H,17,18,19). The van der Waals surface area contributed by atoms with Crippen LogP contribution in [0.5, 0.6) is 0 Å². The molecule has 0 radical (unpaired) electrons. The van der Waals surface area contributed by atoms with Gasteiger partial charge in [0.25, 0.3) is 0 Å². The van der Waals surface area contributed by atoms with Crippen LogP contribution >= 0.6 is 22.9 Å². The first-order valence-corrected chi connectivity index (χ1v) is 7.92. The number of anilines is 1. The van der Waals surface area contributed by atoms with Crippen molar-refractivity contribution < 1.29 is 4.79 Å². The molecule has 0 aliphatic rings. The Labute approximate surface area is 128 Å². The van der Waals surface area contributed by atoms with Crippen LogP contribution < -0.4 is 5.32 Å². The Morgan fingerprint density at radius 2 is 1.95 bits per heavy atom. The van der Waals surface area contributed by atoms with Crippen molar-refractivity contribution in [3.8, 4) is 11.3 Å². The normalized spacial score (nSPS) is 10.8. The van der Waals surface area contributed by atoms with E-state index in [0.717, 1.165) is 24.1 Å². The van der Waals surface area contributed by atoms with Gasteiger partial charge in [0.2, 0.25) is 5.91 Å². The van der Waals surface area contributed by atoms with E-state index in [1.54, 1.807) is 0 Å². The van der Waals surface area contributed by atoms with Crippen molar-refractivity contribution in [1.82, 2.24) is 4.98 Å². The summed E-state index contributed by atoms with van der Waals surface area (Å²) < 4.78 is 0. The van der Waals surface area contributed by atoms with Crippen LogP contribution in [0.15, 0.2) is 29.6 Å². The minimum atomic E-state index is 0.0482. The molecule has 1 amide bonds. The summed E-state index contributed by atoms with van der Waals surface area (Å²) in [5.41, 5.74) is 1.85. The predicted octanol–water partition coefficient (Wildman–Crippen LogP) is 4.84. The van der Waals surface area contributed by atoms with Gasteiger partial charge in [-0.05, 0) is 25.0 Å². The fourth-order valence-corrected chi connectivity index (χ4v) is 2.80. The molecule has 0 aliphatic heterocycles. The molecule has 2 rings (SSSR count). The molecule has 0 aliphatic carbocycles. The maximum atomic E-state index is 12.0. The summed E-state index contributed by atoms with van der Waals surface area (Å²) in [4.78, 5) is 16.4. The number of hydrogen-bond acceptors (Lipinski definition) is 3. The van der Waals surface area contributed by atoms with Gasteiger partial charge in [-0.3, -0.25) is 4.79 Å². The van der Waals surface area contributed by atoms with Gasteiger partial charge in [-0.2, -0.15) is 0 Å². The lowest BCUT2D eigenvalue weighted by Crippen LogP contribution is -2.21. The van der Waals surface area contributed by atoms with E-state index in [4.69, 9.17) is 11.6 Å². The van der Waals surface area contributed by atoms with Gasteiger partial charge in [-0.1, -0.05) is 37.6 Å². The van der Waals surface area contributed by atoms with Crippen LogP contribution in [0.2, 0.25) is 5.02 Å². The van der Waals surface area contributed by atoms with Gasteiger partial charge in [-0.15, -0.1) is 11.3 Å². The summed E-state index contributed by atoms with van der Waals surface area (Å²) in [6.07, 6.45) is 1.69. The monoisotopic (exact) mass is 308 g/mol. The van der Waals surface area contributed by atoms with E-state index >= 15 is 0 Å². The van der Waals surface area contributed by atoms with E-state index in [1.807, 2.05) is 43.5 Å². The zero-order chi connectivity index (χ0) is 14.5. The molecule has 1 aromatic carbocycles. The van der Waals surface area contributed by atoms with Gasteiger partial charge in [0.15, 0.2) is 5.13 Å². The predicted molar refractivity (Wildman–Crippen MR) is 85.3 cm³/mol. The summed E-state index contributed by atoms with van der Waals surface area (Å²) in [6, 6.07) is 7.51. The topological polar surface area (TPSA) is 42.0 Å². The third kappa shape index (κ3) is 3.58. The third-order valence-electron chi connectivity index (χ3n) is 3.23. The first kappa shape index (κ1) is 15.0. The highest BCUT2D eigenvalue weighted by Crippen LogP contribution is 2.26. The number of amides is 1. The lowest BCUT2D eigenvalue weighted by molar-refractivity contribution is -0.120. The minimum Gasteiger partial charge on any atom is -0.302 e. The molecule has 20 heavy (non-hydrogen) atoms. The van der Waals surface area contributed by atoms with E-state index < -0.39 is 0 Å². The molecule has 1 heterocycles. The van der Waals surface area contributed by atoms with Crippen molar-refractivity contribution in [2.24, 2.45) is 5.92 Å². The highest BCUT2D eigenvalue weighted by Gasteiger charge is 2.15. The zero-order valence-electron chi connectivity index (χ0n) is 11.5. The molecule has 0 fully saturated rings. The molecule has 0 atom stereocenters. The number of benzene rings is 1. The van der Waals surface area contributed by atoms with Crippen molar-refractivity contribution in [1.29, 1.82) is 0 Å².